The number of carbonyl (C=O) groups is 2. The standard InChI is InChI=1S/C34H35ClN4O6S/c1-42-25-13-11-24(12-14-25)39-34-31(32(37-39)21-6-9-23(35)10-7-21)33(22-8-15-27(43-2)28(17-22)44-3)46-20-30(41)38(34)19-29(40)36-18-26-5-4-16-45-26/h6-15,17,26,33H,4-5,16,18-20H2,1-3H3,(H,36,40)/t26-,33-/m1/s1. The maximum absolute atomic E-state index is 14.0. The molecule has 0 spiro atoms. The van der Waals surface area contributed by atoms with Crippen molar-refractivity contribution in [1.29, 1.82) is 0 Å². The van der Waals surface area contributed by atoms with Crippen molar-refractivity contribution < 1.29 is 28.5 Å². The van der Waals surface area contributed by atoms with Crippen LogP contribution < -0.4 is 24.4 Å². The van der Waals surface area contributed by atoms with E-state index >= 15 is 0 Å². The molecule has 2 aliphatic heterocycles. The van der Waals surface area contributed by atoms with Crippen LogP contribution >= 0.6 is 23.4 Å². The summed E-state index contributed by atoms with van der Waals surface area (Å²) in [4.78, 5) is 29.0. The van der Waals surface area contributed by atoms with E-state index in [4.69, 9.17) is 35.6 Å². The van der Waals surface area contributed by atoms with Crippen molar-refractivity contribution in [2.45, 2.75) is 24.2 Å². The number of hydrogen-bond acceptors (Lipinski definition) is 8. The molecule has 2 amide bonds. The average molecular weight is 663 g/mol. The zero-order valence-electron chi connectivity index (χ0n) is 25.8. The smallest absolute Gasteiger partial charge is 0.240 e. The van der Waals surface area contributed by atoms with Crippen molar-refractivity contribution >= 4 is 41.0 Å². The monoisotopic (exact) mass is 662 g/mol. The van der Waals surface area contributed by atoms with E-state index in [1.54, 1.807) is 30.9 Å². The number of ether oxygens (including phenoxy) is 4. The predicted molar refractivity (Wildman–Crippen MR) is 179 cm³/mol. The van der Waals surface area contributed by atoms with Crippen LogP contribution in [0.25, 0.3) is 16.9 Å². The van der Waals surface area contributed by atoms with Crippen LogP contribution in [0.15, 0.2) is 66.7 Å². The number of hydrogen-bond donors (Lipinski definition) is 1. The Labute approximate surface area is 276 Å². The summed E-state index contributed by atoms with van der Waals surface area (Å²) < 4.78 is 24.0. The Balaban J connectivity index is 1.54. The first-order valence-electron chi connectivity index (χ1n) is 15.0. The molecule has 3 heterocycles. The molecular weight excluding hydrogens is 628 g/mol. The van der Waals surface area contributed by atoms with Crippen molar-refractivity contribution in [3.63, 3.8) is 0 Å². The van der Waals surface area contributed by atoms with Crippen LogP contribution in [0.5, 0.6) is 17.2 Å². The van der Waals surface area contributed by atoms with Gasteiger partial charge in [0.25, 0.3) is 0 Å². The summed E-state index contributed by atoms with van der Waals surface area (Å²) in [5, 5.41) is 8.35. The van der Waals surface area contributed by atoms with Crippen molar-refractivity contribution in [2.24, 2.45) is 0 Å². The van der Waals surface area contributed by atoms with Gasteiger partial charge in [0.2, 0.25) is 11.8 Å². The average Bonchev–Trinajstić information content (AvgIpc) is 3.72. The summed E-state index contributed by atoms with van der Waals surface area (Å²) in [6.45, 7) is 0.905. The molecule has 4 aromatic rings. The molecule has 0 radical (unpaired) electrons. The van der Waals surface area contributed by atoms with E-state index in [1.165, 1.54) is 11.8 Å². The van der Waals surface area contributed by atoms with Gasteiger partial charge in [-0.05, 0) is 66.9 Å². The predicted octanol–water partition coefficient (Wildman–Crippen LogP) is 5.68. The van der Waals surface area contributed by atoms with Gasteiger partial charge in [0.05, 0.1) is 49.8 Å². The number of amides is 2. The molecule has 1 N–H and O–H groups in total. The molecule has 0 bridgehead atoms. The Morgan fingerprint density at radius 1 is 1.02 bits per heavy atom. The number of nitrogens with one attached hydrogen (secondary N) is 1. The van der Waals surface area contributed by atoms with Crippen LogP contribution in [0.1, 0.15) is 29.2 Å². The molecule has 10 nitrogen and oxygen atoms in total. The molecule has 46 heavy (non-hydrogen) atoms. The van der Waals surface area contributed by atoms with Gasteiger partial charge in [0.15, 0.2) is 11.5 Å². The Morgan fingerprint density at radius 2 is 1.78 bits per heavy atom. The first-order valence-corrected chi connectivity index (χ1v) is 16.4. The van der Waals surface area contributed by atoms with E-state index in [1.807, 2.05) is 66.7 Å². The highest BCUT2D eigenvalue weighted by atomic mass is 35.5. The summed E-state index contributed by atoms with van der Waals surface area (Å²) in [6.07, 6.45) is 1.84. The third-order valence-corrected chi connectivity index (χ3v) is 9.59. The highest BCUT2D eigenvalue weighted by molar-refractivity contribution is 8.00. The van der Waals surface area contributed by atoms with Gasteiger partial charge < -0.3 is 24.3 Å². The lowest BCUT2D eigenvalue weighted by Crippen LogP contribution is -2.44. The summed E-state index contributed by atoms with van der Waals surface area (Å²) in [7, 11) is 4.79. The first kappa shape index (κ1) is 31.8. The highest BCUT2D eigenvalue weighted by Crippen LogP contribution is 2.49. The number of methoxy groups -OCH3 is 3. The van der Waals surface area contributed by atoms with Crippen molar-refractivity contribution in [1.82, 2.24) is 15.1 Å². The molecule has 1 aromatic heterocycles. The zero-order valence-corrected chi connectivity index (χ0v) is 27.4. The summed E-state index contributed by atoms with van der Waals surface area (Å²) in [5.41, 5.74) is 3.86. The van der Waals surface area contributed by atoms with Crippen LogP contribution in [0.2, 0.25) is 5.02 Å². The Kier molecular flexibility index (Phi) is 9.72. The molecule has 1 fully saturated rings. The fourth-order valence-corrected chi connectivity index (χ4v) is 7.07. The van der Waals surface area contributed by atoms with Gasteiger partial charge in [-0.1, -0.05) is 29.8 Å². The second-order valence-corrected chi connectivity index (χ2v) is 12.5. The molecular formula is C34H35ClN4O6S. The number of nitrogens with zero attached hydrogens (tertiary/aromatic N) is 3. The van der Waals surface area contributed by atoms with E-state index in [0.717, 1.165) is 29.5 Å². The van der Waals surface area contributed by atoms with Crippen molar-refractivity contribution in [2.75, 3.05) is 51.7 Å². The van der Waals surface area contributed by atoms with Gasteiger partial charge in [-0.25, -0.2) is 4.68 Å². The maximum atomic E-state index is 14.0. The number of halogens is 1. The van der Waals surface area contributed by atoms with E-state index in [0.29, 0.717) is 52.6 Å². The lowest BCUT2D eigenvalue weighted by molar-refractivity contribution is -0.123. The fraction of sp³-hybridized carbons (Fsp3) is 0.324. The molecule has 0 unspecified atom stereocenters. The summed E-state index contributed by atoms with van der Waals surface area (Å²) in [6, 6.07) is 20.6. The van der Waals surface area contributed by atoms with E-state index in [-0.39, 0.29) is 35.5 Å². The molecule has 6 rings (SSSR count). The van der Waals surface area contributed by atoms with Gasteiger partial charge in [0, 0.05) is 29.3 Å². The highest BCUT2D eigenvalue weighted by Gasteiger charge is 2.38. The number of thioether (sulfide) groups is 1. The lowest BCUT2D eigenvalue weighted by atomic mass is 9.99. The van der Waals surface area contributed by atoms with Gasteiger partial charge >= 0.3 is 0 Å². The fourth-order valence-electron chi connectivity index (χ4n) is 5.76. The van der Waals surface area contributed by atoms with E-state index in [2.05, 4.69) is 5.32 Å². The van der Waals surface area contributed by atoms with E-state index in [9.17, 15) is 9.59 Å². The number of anilines is 1. The molecule has 0 saturated carbocycles. The number of fused-ring (bicyclic) bond motifs is 1. The van der Waals surface area contributed by atoms with Crippen LogP contribution in [-0.4, -0.2) is 74.5 Å². The molecule has 12 heteroatoms. The minimum Gasteiger partial charge on any atom is -0.497 e. The lowest BCUT2D eigenvalue weighted by Gasteiger charge is -2.24. The number of carbonyl (C=O) groups excluding carboxylic acids is 2. The van der Waals surface area contributed by atoms with Gasteiger partial charge in [-0.15, -0.1) is 11.8 Å². The number of aromatic nitrogens is 2. The van der Waals surface area contributed by atoms with Crippen LogP contribution in [0, 0.1) is 0 Å². The van der Waals surface area contributed by atoms with Crippen LogP contribution in [0.3, 0.4) is 0 Å². The topological polar surface area (TPSA) is 104 Å². The van der Waals surface area contributed by atoms with Gasteiger partial charge in [-0.2, -0.15) is 5.10 Å². The molecule has 2 atom stereocenters. The molecule has 0 aliphatic carbocycles. The molecule has 240 valence electrons. The summed E-state index contributed by atoms with van der Waals surface area (Å²) >= 11 is 7.76. The van der Waals surface area contributed by atoms with Crippen molar-refractivity contribution in [3.05, 3.63) is 82.9 Å². The minimum absolute atomic E-state index is 0.0225. The minimum atomic E-state index is -0.351. The number of rotatable bonds is 10. The molecule has 1 saturated heterocycles. The first-order chi connectivity index (χ1) is 22.4. The second-order valence-electron chi connectivity index (χ2n) is 10.9. The Bertz CT molecular complexity index is 1710. The largest absolute Gasteiger partial charge is 0.497 e. The Morgan fingerprint density at radius 3 is 2.46 bits per heavy atom. The van der Waals surface area contributed by atoms with Gasteiger partial charge in [0.1, 0.15) is 18.1 Å². The molecule has 3 aromatic carbocycles. The maximum Gasteiger partial charge on any atom is 0.240 e. The third kappa shape index (κ3) is 6.53. The normalized spacial score (nSPS) is 17.7. The van der Waals surface area contributed by atoms with Crippen LogP contribution in [-0.2, 0) is 14.3 Å². The van der Waals surface area contributed by atoms with Gasteiger partial charge in [-0.3, -0.25) is 14.5 Å². The summed E-state index contributed by atoms with van der Waals surface area (Å²) in [5.74, 6) is 2.00. The Hall–Kier alpha value is -4.19. The number of benzene rings is 3. The van der Waals surface area contributed by atoms with Crippen molar-refractivity contribution in [3.8, 4) is 34.2 Å². The zero-order chi connectivity index (χ0) is 32.2. The quantitative estimate of drug-likeness (QED) is 0.231. The second kappa shape index (κ2) is 14.1. The third-order valence-electron chi connectivity index (χ3n) is 8.09. The molecule has 2 aliphatic rings. The van der Waals surface area contributed by atoms with Crippen LogP contribution in [0.4, 0.5) is 5.82 Å². The van der Waals surface area contributed by atoms with E-state index < -0.39 is 0 Å². The SMILES string of the molecule is COc1ccc(-n2nc(-c3ccc(Cl)cc3)c3c2N(CC(=O)NC[C@H]2CCCO2)C(=O)CS[C@@H]3c2ccc(OC)c(OC)c2)cc1.